The Bertz CT molecular complexity index is 491. The Kier molecular flexibility index (Phi) is 5.90. The Balaban J connectivity index is 2.59. The van der Waals surface area contributed by atoms with Gasteiger partial charge in [-0.1, -0.05) is 32.9 Å². The van der Waals surface area contributed by atoms with Crippen LogP contribution in [0.5, 0.6) is 0 Å². The van der Waals surface area contributed by atoms with E-state index in [-0.39, 0.29) is 30.3 Å². The fraction of sp³-hybridized carbons (Fsp3) is 0.643. The van der Waals surface area contributed by atoms with Gasteiger partial charge >= 0.3 is 5.97 Å². The van der Waals surface area contributed by atoms with Crippen molar-refractivity contribution in [1.29, 1.82) is 0 Å². The van der Waals surface area contributed by atoms with E-state index in [1.165, 1.54) is 0 Å². The molecule has 0 aliphatic carbocycles. The van der Waals surface area contributed by atoms with Crippen molar-refractivity contribution in [2.45, 2.75) is 39.5 Å². The monoisotopic (exact) mass is 297 g/mol. The van der Waals surface area contributed by atoms with Crippen molar-refractivity contribution in [3.05, 3.63) is 11.8 Å². The van der Waals surface area contributed by atoms with Gasteiger partial charge in [0.1, 0.15) is 0 Å². The molecule has 118 valence electrons. The summed E-state index contributed by atoms with van der Waals surface area (Å²) in [6.45, 7) is 8.30. The zero-order valence-electron chi connectivity index (χ0n) is 13.0. The van der Waals surface area contributed by atoms with E-state index in [2.05, 4.69) is 10.5 Å². The maximum Gasteiger partial charge on any atom is 0.317 e. The van der Waals surface area contributed by atoms with E-state index in [1.54, 1.807) is 11.0 Å². The third-order valence-corrected chi connectivity index (χ3v) is 2.81. The van der Waals surface area contributed by atoms with E-state index in [9.17, 15) is 9.59 Å². The predicted octanol–water partition coefficient (Wildman–Crippen LogP) is 1.71. The number of carboxylic acids is 1. The average molecular weight is 297 g/mol. The summed E-state index contributed by atoms with van der Waals surface area (Å²) in [6, 6.07) is 1.68. The second-order valence-electron chi connectivity index (χ2n) is 5.98. The van der Waals surface area contributed by atoms with E-state index in [1.807, 2.05) is 27.7 Å². The molecule has 0 bridgehead atoms. The number of hydrogen-bond donors (Lipinski definition) is 2. The van der Waals surface area contributed by atoms with Crippen molar-refractivity contribution in [3.63, 3.8) is 0 Å². The molecule has 0 spiro atoms. The number of aliphatic carboxylic acids is 1. The van der Waals surface area contributed by atoms with Crippen molar-refractivity contribution >= 4 is 17.8 Å². The second-order valence-corrected chi connectivity index (χ2v) is 5.98. The molecule has 2 N–H and O–H groups in total. The summed E-state index contributed by atoms with van der Waals surface area (Å²) in [4.78, 5) is 24.2. The Morgan fingerprint density at radius 3 is 2.52 bits per heavy atom. The topological polar surface area (TPSA) is 95.7 Å². The first kappa shape index (κ1) is 17.2. The van der Waals surface area contributed by atoms with Gasteiger partial charge in [-0.05, 0) is 13.0 Å². The molecule has 1 amide bonds. The van der Waals surface area contributed by atoms with Crippen molar-refractivity contribution < 1.29 is 19.2 Å². The minimum Gasteiger partial charge on any atom is -0.480 e. The minimum atomic E-state index is -0.953. The first-order valence-electron chi connectivity index (χ1n) is 6.93. The molecule has 0 radical (unpaired) electrons. The highest BCUT2D eigenvalue weighted by Gasteiger charge is 2.20. The van der Waals surface area contributed by atoms with Crippen molar-refractivity contribution in [2.24, 2.45) is 0 Å². The first-order chi connectivity index (χ1) is 9.72. The Morgan fingerprint density at radius 2 is 2.05 bits per heavy atom. The lowest BCUT2D eigenvalue weighted by Gasteiger charge is -2.18. The normalized spacial score (nSPS) is 11.7. The van der Waals surface area contributed by atoms with Crippen LogP contribution in [-0.2, 0) is 15.0 Å². The van der Waals surface area contributed by atoms with Crippen LogP contribution >= 0.6 is 0 Å². The summed E-state index contributed by atoms with van der Waals surface area (Å²) in [5.41, 5.74) is 0.582. The summed E-state index contributed by atoms with van der Waals surface area (Å²) in [7, 11) is 0. The summed E-state index contributed by atoms with van der Waals surface area (Å²) >= 11 is 0. The van der Waals surface area contributed by atoms with Gasteiger partial charge in [-0.2, -0.15) is 0 Å². The molecule has 7 heteroatoms. The van der Waals surface area contributed by atoms with Gasteiger partial charge in [0.25, 0.3) is 0 Å². The highest BCUT2D eigenvalue weighted by molar-refractivity contribution is 5.91. The second kappa shape index (κ2) is 7.21. The number of nitrogens with zero attached hydrogens (tertiary/aromatic N) is 2. The third kappa shape index (κ3) is 5.95. The van der Waals surface area contributed by atoms with Crippen LogP contribution in [0, 0.1) is 0 Å². The largest absolute Gasteiger partial charge is 0.480 e. The SMILES string of the molecule is CCCN(CC(=O)O)CC(=O)Nc1cc(C(C)(C)C)no1. The first-order valence-corrected chi connectivity index (χ1v) is 6.93. The van der Waals surface area contributed by atoms with E-state index in [0.29, 0.717) is 6.54 Å². The smallest absolute Gasteiger partial charge is 0.317 e. The van der Waals surface area contributed by atoms with Crippen LogP contribution in [0.1, 0.15) is 39.8 Å². The lowest BCUT2D eigenvalue weighted by molar-refractivity contribution is -0.138. The van der Waals surface area contributed by atoms with Crippen LogP contribution in [0.25, 0.3) is 0 Å². The average Bonchev–Trinajstić information content (AvgIpc) is 2.76. The van der Waals surface area contributed by atoms with Gasteiger partial charge in [0, 0.05) is 11.5 Å². The molecule has 0 atom stereocenters. The number of hydrogen-bond acceptors (Lipinski definition) is 5. The lowest BCUT2D eigenvalue weighted by atomic mass is 9.92. The van der Waals surface area contributed by atoms with Crippen LogP contribution in [-0.4, -0.2) is 46.7 Å². The van der Waals surface area contributed by atoms with Gasteiger partial charge in [-0.15, -0.1) is 0 Å². The highest BCUT2D eigenvalue weighted by Crippen LogP contribution is 2.23. The van der Waals surface area contributed by atoms with Crippen molar-refractivity contribution in [2.75, 3.05) is 25.0 Å². The van der Waals surface area contributed by atoms with Crippen LogP contribution in [0.15, 0.2) is 10.6 Å². The molecular weight excluding hydrogens is 274 g/mol. The molecule has 0 aliphatic rings. The van der Waals surface area contributed by atoms with Gasteiger partial charge in [0.2, 0.25) is 11.8 Å². The molecule has 0 unspecified atom stereocenters. The van der Waals surface area contributed by atoms with Crippen LogP contribution in [0.4, 0.5) is 5.88 Å². The fourth-order valence-corrected chi connectivity index (χ4v) is 1.79. The standard InChI is InChI=1S/C14H23N3O4/c1-5-6-17(9-13(19)20)8-11(18)15-12-7-10(16-21-12)14(2,3)4/h7H,5-6,8-9H2,1-4H3,(H,15,18)(H,19,20). The minimum absolute atomic E-state index is 0.00565. The zero-order chi connectivity index (χ0) is 16.0. The molecular formula is C14H23N3O4. The van der Waals surface area contributed by atoms with E-state index in [4.69, 9.17) is 9.63 Å². The predicted molar refractivity (Wildman–Crippen MR) is 78.2 cm³/mol. The molecule has 1 heterocycles. The quantitative estimate of drug-likeness (QED) is 0.795. The molecule has 1 aromatic rings. The molecule has 0 aromatic carbocycles. The van der Waals surface area contributed by atoms with Crippen molar-refractivity contribution in [3.8, 4) is 0 Å². The molecule has 1 aromatic heterocycles. The molecule has 0 saturated heterocycles. The maximum atomic E-state index is 11.9. The Hall–Kier alpha value is -1.89. The van der Waals surface area contributed by atoms with Gasteiger partial charge in [0.15, 0.2) is 0 Å². The molecule has 21 heavy (non-hydrogen) atoms. The lowest BCUT2D eigenvalue weighted by Crippen LogP contribution is -2.37. The Labute approximate surface area is 124 Å². The van der Waals surface area contributed by atoms with Crippen molar-refractivity contribution in [1.82, 2.24) is 10.1 Å². The van der Waals surface area contributed by atoms with Crippen LogP contribution in [0.3, 0.4) is 0 Å². The number of rotatable bonds is 7. The number of aromatic nitrogens is 1. The molecule has 1 rings (SSSR count). The number of anilines is 1. The molecule has 0 fully saturated rings. The van der Waals surface area contributed by atoms with E-state index in [0.717, 1.165) is 12.1 Å². The number of carbonyl (C=O) groups is 2. The number of nitrogens with one attached hydrogen (secondary N) is 1. The van der Waals surface area contributed by atoms with Gasteiger partial charge < -0.3 is 9.63 Å². The van der Waals surface area contributed by atoms with E-state index < -0.39 is 5.97 Å². The van der Waals surface area contributed by atoms with Gasteiger partial charge in [0.05, 0.1) is 18.8 Å². The number of carboxylic acid groups (broad SMARTS) is 1. The molecule has 0 saturated carbocycles. The van der Waals surface area contributed by atoms with Crippen LogP contribution in [0.2, 0.25) is 0 Å². The molecule has 7 nitrogen and oxygen atoms in total. The number of carbonyl (C=O) groups excluding carboxylic acids is 1. The van der Waals surface area contributed by atoms with Gasteiger partial charge in [-0.3, -0.25) is 19.8 Å². The fourth-order valence-electron chi connectivity index (χ4n) is 1.79. The maximum absolute atomic E-state index is 11.9. The zero-order valence-corrected chi connectivity index (χ0v) is 13.0. The summed E-state index contributed by atoms with van der Waals surface area (Å²) in [6.07, 6.45) is 0.775. The van der Waals surface area contributed by atoms with Crippen LogP contribution < -0.4 is 5.32 Å². The summed E-state index contributed by atoms with van der Waals surface area (Å²) in [5.74, 6) is -0.996. The summed E-state index contributed by atoms with van der Waals surface area (Å²) < 4.78 is 5.07. The molecule has 0 aliphatic heterocycles. The van der Waals surface area contributed by atoms with E-state index >= 15 is 0 Å². The Morgan fingerprint density at radius 1 is 1.38 bits per heavy atom. The number of amides is 1. The highest BCUT2D eigenvalue weighted by atomic mass is 16.5. The van der Waals surface area contributed by atoms with Gasteiger partial charge in [-0.25, -0.2) is 0 Å². The summed E-state index contributed by atoms with van der Waals surface area (Å²) in [5, 5.41) is 15.3. The third-order valence-electron chi connectivity index (χ3n) is 2.81.